The van der Waals surface area contributed by atoms with Crippen LogP contribution >= 0.6 is 12.2 Å². The summed E-state index contributed by atoms with van der Waals surface area (Å²) < 4.78 is 8.26. The quantitative estimate of drug-likeness (QED) is 0.250. The summed E-state index contributed by atoms with van der Waals surface area (Å²) in [7, 11) is 0. The van der Waals surface area contributed by atoms with Crippen molar-refractivity contribution in [3.8, 4) is 17.2 Å². The number of aryl methyl sites for hydroxylation is 1. The van der Waals surface area contributed by atoms with Gasteiger partial charge in [0.05, 0.1) is 11.7 Å². The average molecular weight is 503 g/mol. The molecule has 0 saturated carbocycles. The zero-order valence-corrected chi connectivity index (χ0v) is 21.2. The second-order valence-electron chi connectivity index (χ2n) is 9.05. The lowest BCUT2D eigenvalue weighted by molar-refractivity contribution is 0.482. The Morgan fingerprint density at radius 3 is 2.32 bits per heavy atom. The third-order valence-corrected chi connectivity index (χ3v) is 6.87. The number of nitrogens with one attached hydrogen (secondary N) is 1. The highest BCUT2D eigenvalue weighted by Crippen LogP contribution is 2.42. The van der Waals surface area contributed by atoms with Gasteiger partial charge in [0.1, 0.15) is 17.5 Å². The van der Waals surface area contributed by atoms with Gasteiger partial charge in [-0.15, -0.1) is 0 Å². The van der Waals surface area contributed by atoms with Crippen LogP contribution in [0.5, 0.6) is 11.5 Å². The molecule has 3 aromatic carbocycles. The van der Waals surface area contributed by atoms with Crippen LogP contribution in [0, 0.1) is 6.92 Å². The van der Waals surface area contributed by atoms with Gasteiger partial charge in [0.15, 0.2) is 5.11 Å². The fourth-order valence-corrected chi connectivity index (χ4v) is 5.23. The van der Waals surface area contributed by atoms with Gasteiger partial charge in [0.2, 0.25) is 0 Å². The molecule has 0 spiro atoms. The van der Waals surface area contributed by atoms with Crippen molar-refractivity contribution in [3.05, 3.63) is 139 Å². The third-order valence-electron chi connectivity index (χ3n) is 6.56. The summed E-state index contributed by atoms with van der Waals surface area (Å²) in [4.78, 5) is 6.87. The molecular formula is C31H26N4OS. The van der Waals surface area contributed by atoms with Gasteiger partial charge in [0.25, 0.3) is 0 Å². The van der Waals surface area contributed by atoms with Gasteiger partial charge in [-0.3, -0.25) is 4.98 Å². The molecule has 6 rings (SSSR count). The first-order valence-electron chi connectivity index (χ1n) is 12.3. The first kappa shape index (κ1) is 23.0. The Balaban J connectivity index is 1.41. The maximum Gasteiger partial charge on any atom is 0.174 e. The predicted octanol–water partition coefficient (Wildman–Crippen LogP) is 7.15. The van der Waals surface area contributed by atoms with Crippen LogP contribution in [0.3, 0.4) is 0 Å². The summed E-state index contributed by atoms with van der Waals surface area (Å²) in [6.07, 6.45) is 3.94. The molecule has 5 nitrogen and oxygen atoms in total. The van der Waals surface area contributed by atoms with Crippen LogP contribution in [0.1, 0.15) is 29.0 Å². The number of thiocarbonyl (C=S) groups is 1. The van der Waals surface area contributed by atoms with E-state index in [4.69, 9.17) is 17.0 Å². The number of nitrogens with zero attached hydrogens (tertiary/aromatic N) is 3. The summed E-state index contributed by atoms with van der Waals surface area (Å²) in [6, 6.07) is 36.4. The highest BCUT2D eigenvalue weighted by molar-refractivity contribution is 7.80. The molecule has 37 heavy (non-hydrogen) atoms. The maximum absolute atomic E-state index is 6.02. The molecule has 1 saturated heterocycles. The molecule has 182 valence electrons. The lowest BCUT2D eigenvalue weighted by Gasteiger charge is -2.29. The highest BCUT2D eigenvalue weighted by atomic mass is 32.1. The number of rotatable bonds is 6. The van der Waals surface area contributed by atoms with Gasteiger partial charge in [-0.05, 0) is 97.5 Å². The minimum absolute atomic E-state index is 0.112. The van der Waals surface area contributed by atoms with Crippen LogP contribution in [0.2, 0.25) is 0 Å². The third kappa shape index (κ3) is 4.59. The van der Waals surface area contributed by atoms with E-state index in [0.29, 0.717) is 5.11 Å². The number of anilines is 1. The van der Waals surface area contributed by atoms with Gasteiger partial charge >= 0.3 is 0 Å². The summed E-state index contributed by atoms with van der Waals surface area (Å²) in [5.74, 6) is 1.58. The molecule has 6 heteroatoms. The van der Waals surface area contributed by atoms with Crippen molar-refractivity contribution in [1.29, 1.82) is 0 Å². The first-order valence-corrected chi connectivity index (χ1v) is 12.7. The topological polar surface area (TPSA) is 42.3 Å². The van der Waals surface area contributed by atoms with Gasteiger partial charge in [-0.2, -0.15) is 0 Å². The lowest BCUT2D eigenvalue weighted by Crippen LogP contribution is -2.30. The fourth-order valence-electron chi connectivity index (χ4n) is 4.88. The molecular weight excluding hydrogens is 476 g/mol. The SMILES string of the molecule is Cc1cccc(-n2cccc2C2C(c3ccccn3)NC(=S)N2c2ccc(Oc3ccccc3)cc2)c1. The molecule has 3 heterocycles. The number of ether oxygens (including phenoxy) is 1. The van der Waals surface area contributed by atoms with E-state index in [-0.39, 0.29) is 12.1 Å². The Labute approximate surface area is 222 Å². The van der Waals surface area contributed by atoms with E-state index < -0.39 is 0 Å². The predicted molar refractivity (Wildman–Crippen MR) is 151 cm³/mol. The molecule has 5 aromatic rings. The van der Waals surface area contributed by atoms with Crippen molar-refractivity contribution in [2.24, 2.45) is 0 Å². The molecule has 1 N–H and O–H groups in total. The molecule has 1 fully saturated rings. The van der Waals surface area contributed by atoms with E-state index in [1.807, 2.05) is 66.9 Å². The minimum Gasteiger partial charge on any atom is -0.457 e. The van der Waals surface area contributed by atoms with Crippen LogP contribution in [-0.4, -0.2) is 14.7 Å². The van der Waals surface area contributed by atoms with E-state index in [2.05, 4.69) is 81.4 Å². The van der Waals surface area contributed by atoms with Crippen LogP contribution in [0.4, 0.5) is 5.69 Å². The number of hydrogen-bond acceptors (Lipinski definition) is 3. The van der Waals surface area contributed by atoms with E-state index in [9.17, 15) is 0 Å². The van der Waals surface area contributed by atoms with Crippen molar-refractivity contribution in [1.82, 2.24) is 14.9 Å². The number of aromatic nitrogens is 2. The van der Waals surface area contributed by atoms with Crippen LogP contribution in [0.15, 0.2) is 122 Å². The summed E-state index contributed by atoms with van der Waals surface area (Å²) in [5, 5.41) is 4.21. The fraction of sp³-hybridized carbons (Fsp3) is 0.0968. The molecule has 0 bridgehead atoms. The number of para-hydroxylation sites is 1. The molecule has 2 unspecified atom stereocenters. The Hall–Kier alpha value is -4.42. The molecule has 0 aliphatic carbocycles. The highest BCUT2D eigenvalue weighted by Gasteiger charge is 2.42. The monoisotopic (exact) mass is 502 g/mol. The Morgan fingerprint density at radius 2 is 1.57 bits per heavy atom. The van der Waals surface area contributed by atoms with Gasteiger partial charge in [-0.1, -0.05) is 36.4 Å². The molecule has 0 radical (unpaired) electrons. The smallest absolute Gasteiger partial charge is 0.174 e. The van der Waals surface area contributed by atoms with E-state index in [1.165, 1.54) is 5.56 Å². The molecule has 0 amide bonds. The lowest BCUT2D eigenvalue weighted by atomic mass is 10.0. The second kappa shape index (κ2) is 9.91. The van der Waals surface area contributed by atoms with Crippen LogP contribution < -0.4 is 15.0 Å². The normalized spacial score (nSPS) is 17.0. The van der Waals surface area contributed by atoms with Gasteiger partial charge < -0.3 is 19.5 Å². The van der Waals surface area contributed by atoms with Crippen LogP contribution in [-0.2, 0) is 0 Å². The molecule has 1 aliphatic rings. The van der Waals surface area contributed by atoms with Crippen molar-refractivity contribution in [2.45, 2.75) is 19.0 Å². The number of benzene rings is 3. The van der Waals surface area contributed by atoms with E-state index in [0.717, 1.165) is 34.3 Å². The van der Waals surface area contributed by atoms with Crippen molar-refractivity contribution in [3.63, 3.8) is 0 Å². The van der Waals surface area contributed by atoms with Gasteiger partial charge in [0, 0.05) is 29.5 Å². The Kier molecular flexibility index (Phi) is 6.16. The largest absolute Gasteiger partial charge is 0.457 e. The summed E-state index contributed by atoms with van der Waals surface area (Å²) in [5.41, 5.74) is 5.38. The van der Waals surface area contributed by atoms with Crippen molar-refractivity contribution >= 4 is 23.0 Å². The van der Waals surface area contributed by atoms with Crippen molar-refractivity contribution in [2.75, 3.05) is 4.90 Å². The average Bonchev–Trinajstić information content (AvgIpc) is 3.55. The van der Waals surface area contributed by atoms with E-state index >= 15 is 0 Å². The van der Waals surface area contributed by atoms with E-state index in [1.54, 1.807) is 0 Å². The molecule has 2 aromatic heterocycles. The maximum atomic E-state index is 6.02. The first-order chi connectivity index (χ1) is 18.2. The molecule has 2 atom stereocenters. The number of hydrogen-bond donors (Lipinski definition) is 1. The second-order valence-corrected chi connectivity index (χ2v) is 9.43. The standard InChI is InChI=1S/C31H26N4OS/c1-22-9-7-10-24(21-22)34-20-8-14-28(34)30-29(27-13-5-6-19-32-27)33-31(37)35(30)23-15-17-26(18-16-23)36-25-11-3-2-4-12-25/h2-21,29-30H,1H3,(H,33,37). The summed E-state index contributed by atoms with van der Waals surface area (Å²) in [6.45, 7) is 2.11. The minimum atomic E-state index is -0.118. The Morgan fingerprint density at radius 1 is 0.784 bits per heavy atom. The zero-order valence-electron chi connectivity index (χ0n) is 20.4. The zero-order chi connectivity index (χ0) is 25.2. The van der Waals surface area contributed by atoms with Gasteiger partial charge in [-0.25, -0.2) is 0 Å². The molecule has 1 aliphatic heterocycles. The summed E-state index contributed by atoms with van der Waals surface area (Å²) >= 11 is 5.92. The van der Waals surface area contributed by atoms with Crippen molar-refractivity contribution < 1.29 is 4.74 Å². The van der Waals surface area contributed by atoms with Crippen LogP contribution in [0.25, 0.3) is 5.69 Å². The number of pyridine rings is 1. The Bertz CT molecular complexity index is 1520.